The largest absolute Gasteiger partial charge is 0.473 e. The molecule has 0 aliphatic heterocycles. The van der Waals surface area contributed by atoms with Crippen molar-refractivity contribution in [1.29, 1.82) is 0 Å². The van der Waals surface area contributed by atoms with Crippen LogP contribution in [0.15, 0.2) is 0 Å². The Hall–Kier alpha value is -1.14. The number of nitrogens with zero attached hydrogens (tertiary/aromatic N) is 1. The highest BCUT2D eigenvalue weighted by Crippen LogP contribution is 1.56. The van der Waals surface area contributed by atoms with Crippen LogP contribution in [0, 0.1) is 0 Å². The minimum atomic E-state index is -1.82. The molecule has 0 unspecified atom stereocenters. The maximum atomic E-state index is 9.10. The SMILES string of the molecule is CN(C)N.O=C(O)C(=O)O. The van der Waals surface area contributed by atoms with Crippen LogP contribution >= 0.6 is 0 Å². The number of hydrogen-bond acceptors (Lipinski definition) is 4. The maximum absolute atomic E-state index is 9.10. The van der Waals surface area contributed by atoms with E-state index in [0.717, 1.165) is 0 Å². The molecule has 0 rings (SSSR count). The molecule has 0 aliphatic carbocycles. The number of hydrazine groups is 1. The van der Waals surface area contributed by atoms with Crippen LogP contribution in [0.5, 0.6) is 0 Å². The van der Waals surface area contributed by atoms with Crippen LogP contribution in [-0.2, 0) is 9.59 Å². The van der Waals surface area contributed by atoms with Crippen LogP contribution in [0.3, 0.4) is 0 Å². The molecular formula is C4H10N2O4. The van der Waals surface area contributed by atoms with Gasteiger partial charge >= 0.3 is 11.9 Å². The molecule has 10 heavy (non-hydrogen) atoms. The van der Waals surface area contributed by atoms with Crippen LogP contribution < -0.4 is 5.84 Å². The topological polar surface area (TPSA) is 104 Å². The highest BCUT2D eigenvalue weighted by atomic mass is 16.4. The molecule has 0 aromatic carbocycles. The third-order valence-corrected chi connectivity index (χ3v) is 0.183. The maximum Gasteiger partial charge on any atom is 0.414 e. The van der Waals surface area contributed by atoms with Gasteiger partial charge in [0.25, 0.3) is 0 Å². The van der Waals surface area contributed by atoms with Gasteiger partial charge in [0, 0.05) is 14.1 Å². The van der Waals surface area contributed by atoms with Crippen molar-refractivity contribution in [3.63, 3.8) is 0 Å². The second kappa shape index (κ2) is 5.99. The summed E-state index contributed by atoms with van der Waals surface area (Å²) in [5.74, 6) is 1.30. The van der Waals surface area contributed by atoms with Gasteiger partial charge in [-0.3, -0.25) is 10.9 Å². The van der Waals surface area contributed by atoms with Gasteiger partial charge in [-0.05, 0) is 0 Å². The lowest BCUT2D eigenvalue weighted by molar-refractivity contribution is -0.159. The molecule has 6 heteroatoms. The van der Waals surface area contributed by atoms with Gasteiger partial charge in [-0.15, -0.1) is 0 Å². The van der Waals surface area contributed by atoms with E-state index in [1.165, 1.54) is 5.01 Å². The molecule has 4 N–H and O–H groups in total. The smallest absolute Gasteiger partial charge is 0.414 e. The predicted molar refractivity (Wildman–Crippen MR) is 33.1 cm³/mol. The first-order valence-electron chi connectivity index (χ1n) is 2.26. The van der Waals surface area contributed by atoms with Crippen molar-refractivity contribution in [2.24, 2.45) is 5.84 Å². The van der Waals surface area contributed by atoms with Gasteiger partial charge < -0.3 is 10.2 Å². The summed E-state index contributed by atoms with van der Waals surface area (Å²) in [6, 6.07) is 0. The van der Waals surface area contributed by atoms with E-state index in [0.29, 0.717) is 0 Å². The molecule has 0 saturated carbocycles. The van der Waals surface area contributed by atoms with Gasteiger partial charge in [0.2, 0.25) is 0 Å². The summed E-state index contributed by atoms with van der Waals surface area (Å²) in [4.78, 5) is 18.2. The Labute approximate surface area is 57.8 Å². The van der Waals surface area contributed by atoms with Crippen molar-refractivity contribution >= 4 is 11.9 Å². The van der Waals surface area contributed by atoms with Gasteiger partial charge in [0.05, 0.1) is 0 Å². The Balaban J connectivity index is 0. The Bertz CT molecular complexity index is 108. The first-order chi connectivity index (χ1) is 4.37. The summed E-state index contributed by atoms with van der Waals surface area (Å²) in [6.45, 7) is 0. The van der Waals surface area contributed by atoms with E-state index >= 15 is 0 Å². The molecule has 0 aromatic heterocycles. The summed E-state index contributed by atoms with van der Waals surface area (Å²) >= 11 is 0. The fraction of sp³-hybridized carbons (Fsp3) is 0.500. The molecule has 0 spiro atoms. The second-order valence-corrected chi connectivity index (χ2v) is 1.57. The van der Waals surface area contributed by atoms with Crippen LogP contribution in [0.2, 0.25) is 0 Å². The quantitative estimate of drug-likeness (QED) is 0.222. The number of carboxylic acid groups (broad SMARTS) is 2. The lowest BCUT2D eigenvalue weighted by Crippen LogP contribution is -2.18. The fourth-order valence-corrected chi connectivity index (χ4v) is 0. The third-order valence-electron chi connectivity index (χ3n) is 0.183. The van der Waals surface area contributed by atoms with Gasteiger partial charge in [0.1, 0.15) is 0 Å². The van der Waals surface area contributed by atoms with E-state index in [1.54, 1.807) is 14.1 Å². The Morgan fingerprint density at radius 3 is 1.30 bits per heavy atom. The molecule has 0 bridgehead atoms. The van der Waals surface area contributed by atoms with E-state index in [1.807, 2.05) is 0 Å². The minimum absolute atomic E-state index is 1.50. The van der Waals surface area contributed by atoms with Gasteiger partial charge in [0.15, 0.2) is 0 Å². The first-order valence-corrected chi connectivity index (χ1v) is 2.26. The van der Waals surface area contributed by atoms with E-state index in [9.17, 15) is 0 Å². The van der Waals surface area contributed by atoms with E-state index in [2.05, 4.69) is 0 Å². The number of aliphatic carboxylic acids is 2. The number of rotatable bonds is 0. The summed E-state index contributed by atoms with van der Waals surface area (Å²) in [5.41, 5.74) is 0. The van der Waals surface area contributed by atoms with Crippen LogP contribution in [0.25, 0.3) is 0 Å². The summed E-state index contributed by atoms with van der Waals surface area (Å²) in [5, 5.41) is 16.3. The summed E-state index contributed by atoms with van der Waals surface area (Å²) in [6.07, 6.45) is 0. The van der Waals surface area contributed by atoms with Crippen molar-refractivity contribution in [2.75, 3.05) is 14.1 Å². The molecule has 0 heterocycles. The fourth-order valence-electron chi connectivity index (χ4n) is 0. The number of hydrogen-bond donors (Lipinski definition) is 3. The third kappa shape index (κ3) is 28.8. The molecule has 0 radical (unpaired) electrons. The van der Waals surface area contributed by atoms with E-state index in [4.69, 9.17) is 25.6 Å². The zero-order valence-corrected chi connectivity index (χ0v) is 5.74. The Morgan fingerprint density at radius 1 is 1.20 bits per heavy atom. The lowest BCUT2D eigenvalue weighted by atomic mass is 10.7. The molecule has 0 amide bonds. The number of carboxylic acids is 2. The normalized spacial score (nSPS) is 8.00. The van der Waals surface area contributed by atoms with Crippen molar-refractivity contribution in [1.82, 2.24) is 5.01 Å². The van der Waals surface area contributed by atoms with Crippen molar-refractivity contribution in [3.05, 3.63) is 0 Å². The number of carbonyl (C=O) groups is 2. The molecule has 60 valence electrons. The number of nitrogens with two attached hydrogens (primary N) is 1. The molecule has 0 aromatic rings. The highest BCUT2D eigenvalue weighted by molar-refractivity contribution is 6.27. The van der Waals surface area contributed by atoms with Crippen molar-refractivity contribution in [3.8, 4) is 0 Å². The molecular weight excluding hydrogens is 140 g/mol. The van der Waals surface area contributed by atoms with Gasteiger partial charge in [-0.2, -0.15) is 0 Å². The lowest BCUT2D eigenvalue weighted by Gasteiger charge is -1.91. The zero-order chi connectivity index (χ0) is 8.73. The van der Waals surface area contributed by atoms with Crippen LogP contribution in [-0.4, -0.2) is 41.3 Å². The second-order valence-electron chi connectivity index (χ2n) is 1.57. The van der Waals surface area contributed by atoms with Crippen molar-refractivity contribution < 1.29 is 19.8 Å². The Morgan fingerprint density at radius 2 is 1.30 bits per heavy atom. The molecule has 0 atom stereocenters. The summed E-state index contributed by atoms with van der Waals surface area (Å²) in [7, 11) is 3.56. The molecule has 0 fully saturated rings. The predicted octanol–water partition coefficient (Wildman–Crippen LogP) is -1.42. The van der Waals surface area contributed by atoms with Crippen molar-refractivity contribution in [2.45, 2.75) is 0 Å². The van der Waals surface area contributed by atoms with Crippen LogP contribution in [0.1, 0.15) is 0 Å². The monoisotopic (exact) mass is 150 g/mol. The minimum Gasteiger partial charge on any atom is -0.473 e. The van der Waals surface area contributed by atoms with Gasteiger partial charge in [-0.1, -0.05) is 0 Å². The average molecular weight is 150 g/mol. The molecule has 0 saturated heterocycles. The Kier molecular flexibility index (Phi) is 6.96. The molecule has 6 nitrogen and oxygen atoms in total. The first kappa shape index (κ1) is 11.6. The van der Waals surface area contributed by atoms with Gasteiger partial charge in [-0.25, -0.2) is 9.59 Å². The van der Waals surface area contributed by atoms with Crippen LogP contribution in [0.4, 0.5) is 0 Å². The zero-order valence-electron chi connectivity index (χ0n) is 5.74. The van der Waals surface area contributed by atoms with E-state index in [-0.39, 0.29) is 0 Å². The highest BCUT2D eigenvalue weighted by Gasteiger charge is 2.04. The summed E-state index contributed by atoms with van der Waals surface area (Å²) < 4.78 is 0. The average Bonchev–Trinajstić information content (AvgIpc) is 1.63. The van der Waals surface area contributed by atoms with E-state index < -0.39 is 11.9 Å². The molecule has 0 aliphatic rings. The standard InChI is InChI=1S/C2H8N2.C2H2O4/c1-4(2)3;3-1(4)2(5)6/h3H2,1-2H3;(H,3,4)(H,5,6).